The summed E-state index contributed by atoms with van der Waals surface area (Å²) in [5.41, 5.74) is 3.64. The van der Waals surface area contributed by atoms with Crippen LogP contribution in [0.4, 0.5) is 0 Å². The van der Waals surface area contributed by atoms with Crippen molar-refractivity contribution < 1.29 is 4.74 Å². The van der Waals surface area contributed by atoms with Crippen LogP contribution in [0, 0.1) is 0 Å². The molecule has 0 amide bonds. The molecule has 1 aliphatic rings. The lowest BCUT2D eigenvalue weighted by atomic mass is 10.1. The standard InChI is InChI=1S/C18H17N3O/c1-2-6-14(7-3-1)10-11-17-19-20-18-13-22-12-15-8-4-5-9-16(15)21(17)18/h1-9H,10-13H2. The molecule has 0 N–H and O–H groups in total. The van der Waals surface area contributed by atoms with E-state index in [4.69, 9.17) is 4.74 Å². The highest BCUT2D eigenvalue weighted by atomic mass is 16.5. The Morgan fingerprint density at radius 2 is 1.68 bits per heavy atom. The third kappa shape index (κ3) is 2.42. The molecule has 2 aromatic carbocycles. The van der Waals surface area contributed by atoms with E-state index < -0.39 is 0 Å². The lowest BCUT2D eigenvalue weighted by Gasteiger charge is -2.10. The number of aryl methyl sites for hydroxylation is 2. The molecule has 0 radical (unpaired) electrons. The molecule has 1 aromatic heterocycles. The fourth-order valence-corrected chi connectivity index (χ4v) is 2.89. The van der Waals surface area contributed by atoms with Gasteiger partial charge in [-0.3, -0.25) is 4.57 Å². The quantitative estimate of drug-likeness (QED) is 0.744. The van der Waals surface area contributed by atoms with Gasteiger partial charge < -0.3 is 4.74 Å². The molecule has 22 heavy (non-hydrogen) atoms. The molecule has 2 heterocycles. The van der Waals surface area contributed by atoms with Crippen molar-refractivity contribution in [3.8, 4) is 5.69 Å². The molecule has 0 fully saturated rings. The largest absolute Gasteiger partial charge is 0.369 e. The molecular formula is C18H17N3O. The second-order valence-corrected chi connectivity index (χ2v) is 5.47. The van der Waals surface area contributed by atoms with E-state index in [1.165, 1.54) is 11.1 Å². The Hall–Kier alpha value is -2.46. The second-order valence-electron chi connectivity index (χ2n) is 5.47. The van der Waals surface area contributed by atoms with Crippen LogP contribution < -0.4 is 0 Å². The normalized spacial score (nSPS) is 13.3. The Morgan fingerprint density at radius 1 is 0.864 bits per heavy atom. The van der Waals surface area contributed by atoms with Crippen LogP contribution in [0.1, 0.15) is 22.8 Å². The molecular weight excluding hydrogens is 274 g/mol. The van der Waals surface area contributed by atoms with Crippen LogP contribution in [0.25, 0.3) is 5.69 Å². The minimum Gasteiger partial charge on any atom is -0.369 e. The Labute approximate surface area is 129 Å². The smallest absolute Gasteiger partial charge is 0.163 e. The van der Waals surface area contributed by atoms with E-state index in [0.29, 0.717) is 13.2 Å². The first kappa shape index (κ1) is 13.2. The SMILES string of the molecule is c1ccc(CCc2nnc3n2-c2ccccc2COC3)cc1. The monoisotopic (exact) mass is 291 g/mol. The predicted molar refractivity (Wildman–Crippen MR) is 83.7 cm³/mol. The van der Waals surface area contributed by atoms with E-state index in [0.717, 1.165) is 30.2 Å². The Balaban J connectivity index is 1.68. The van der Waals surface area contributed by atoms with Crippen molar-refractivity contribution in [2.24, 2.45) is 0 Å². The van der Waals surface area contributed by atoms with Crippen LogP contribution in [0.2, 0.25) is 0 Å². The first-order valence-electron chi connectivity index (χ1n) is 7.55. The van der Waals surface area contributed by atoms with Crippen LogP contribution in [0.5, 0.6) is 0 Å². The second kappa shape index (κ2) is 5.73. The molecule has 0 aliphatic carbocycles. The van der Waals surface area contributed by atoms with Gasteiger partial charge in [0.25, 0.3) is 0 Å². The average molecular weight is 291 g/mol. The van der Waals surface area contributed by atoms with Crippen LogP contribution in [-0.4, -0.2) is 14.8 Å². The summed E-state index contributed by atoms with van der Waals surface area (Å²) in [6.45, 7) is 1.13. The maximum Gasteiger partial charge on any atom is 0.163 e. The number of rotatable bonds is 3. The first-order valence-corrected chi connectivity index (χ1v) is 7.55. The molecule has 4 rings (SSSR count). The number of hydrogen-bond donors (Lipinski definition) is 0. The van der Waals surface area contributed by atoms with E-state index in [-0.39, 0.29) is 0 Å². The summed E-state index contributed by atoms with van der Waals surface area (Å²) < 4.78 is 7.86. The van der Waals surface area contributed by atoms with E-state index in [1.807, 2.05) is 12.1 Å². The lowest BCUT2D eigenvalue weighted by molar-refractivity contribution is 0.105. The van der Waals surface area contributed by atoms with Crippen molar-refractivity contribution in [2.75, 3.05) is 0 Å². The number of hydrogen-bond acceptors (Lipinski definition) is 3. The van der Waals surface area contributed by atoms with Crippen LogP contribution in [0.15, 0.2) is 54.6 Å². The summed E-state index contributed by atoms with van der Waals surface area (Å²) >= 11 is 0. The van der Waals surface area contributed by atoms with Gasteiger partial charge in [-0.15, -0.1) is 10.2 Å². The van der Waals surface area contributed by atoms with Gasteiger partial charge in [-0.1, -0.05) is 48.5 Å². The Kier molecular flexibility index (Phi) is 3.45. The number of fused-ring (bicyclic) bond motifs is 3. The van der Waals surface area contributed by atoms with Crippen molar-refractivity contribution >= 4 is 0 Å². The molecule has 1 aliphatic heterocycles. The number of aromatic nitrogens is 3. The van der Waals surface area contributed by atoms with E-state index in [1.54, 1.807) is 0 Å². The van der Waals surface area contributed by atoms with Gasteiger partial charge in [0.05, 0.1) is 12.3 Å². The molecule has 0 saturated heterocycles. The van der Waals surface area contributed by atoms with Gasteiger partial charge >= 0.3 is 0 Å². The van der Waals surface area contributed by atoms with Crippen LogP contribution >= 0.6 is 0 Å². The topological polar surface area (TPSA) is 39.9 Å². The van der Waals surface area contributed by atoms with Gasteiger partial charge in [0, 0.05) is 12.0 Å². The van der Waals surface area contributed by atoms with Gasteiger partial charge in [-0.2, -0.15) is 0 Å². The van der Waals surface area contributed by atoms with Crippen LogP contribution in [0.3, 0.4) is 0 Å². The number of para-hydroxylation sites is 1. The molecule has 4 heteroatoms. The summed E-state index contributed by atoms with van der Waals surface area (Å²) in [5.74, 6) is 1.88. The molecule has 0 atom stereocenters. The highest BCUT2D eigenvalue weighted by Crippen LogP contribution is 2.23. The molecule has 0 unspecified atom stereocenters. The van der Waals surface area contributed by atoms with Crippen molar-refractivity contribution in [3.63, 3.8) is 0 Å². The van der Waals surface area contributed by atoms with Crippen LogP contribution in [-0.2, 0) is 30.8 Å². The van der Waals surface area contributed by atoms with Crippen molar-refractivity contribution in [1.82, 2.24) is 14.8 Å². The van der Waals surface area contributed by atoms with Gasteiger partial charge in [0.1, 0.15) is 12.4 Å². The first-order chi connectivity index (χ1) is 10.9. The number of benzene rings is 2. The summed E-state index contributed by atoms with van der Waals surface area (Å²) in [7, 11) is 0. The highest BCUT2D eigenvalue weighted by molar-refractivity contribution is 5.43. The lowest BCUT2D eigenvalue weighted by Crippen LogP contribution is -2.06. The molecule has 0 bridgehead atoms. The third-order valence-electron chi connectivity index (χ3n) is 4.00. The fraction of sp³-hybridized carbons (Fsp3) is 0.222. The van der Waals surface area contributed by atoms with E-state index in [9.17, 15) is 0 Å². The third-order valence-corrected chi connectivity index (χ3v) is 4.00. The number of nitrogens with zero attached hydrogens (tertiary/aromatic N) is 3. The van der Waals surface area contributed by atoms with Gasteiger partial charge in [0.2, 0.25) is 0 Å². The molecule has 0 saturated carbocycles. The molecule has 0 spiro atoms. The zero-order chi connectivity index (χ0) is 14.8. The Morgan fingerprint density at radius 3 is 2.59 bits per heavy atom. The minimum atomic E-state index is 0.507. The minimum absolute atomic E-state index is 0.507. The summed E-state index contributed by atoms with van der Waals surface area (Å²) in [6, 6.07) is 18.8. The zero-order valence-corrected chi connectivity index (χ0v) is 12.3. The van der Waals surface area contributed by atoms with Gasteiger partial charge in [-0.25, -0.2) is 0 Å². The maximum atomic E-state index is 5.70. The maximum absolute atomic E-state index is 5.70. The highest BCUT2D eigenvalue weighted by Gasteiger charge is 2.19. The van der Waals surface area contributed by atoms with E-state index >= 15 is 0 Å². The molecule has 4 nitrogen and oxygen atoms in total. The summed E-state index contributed by atoms with van der Waals surface area (Å²) in [5, 5.41) is 8.70. The molecule has 3 aromatic rings. The van der Waals surface area contributed by atoms with Gasteiger partial charge in [0.15, 0.2) is 5.82 Å². The zero-order valence-electron chi connectivity index (χ0n) is 12.3. The Bertz CT molecular complexity index is 780. The number of ether oxygens (including phenoxy) is 1. The predicted octanol–water partition coefficient (Wildman–Crippen LogP) is 3.08. The fourth-order valence-electron chi connectivity index (χ4n) is 2.89. The molecule has 110 valence electrons. The van der Waals surface area contributed by atoms with Crippen molar-refractivity contribution in [3.05, 3.63) is 77.4 Å². The van der Waals surface area contributed by atoms with Gasteiger partial charge in [-0.05, 0) is 18.1 Å². The summed E-state index contributed by atoms with van der Waals surface area (Å²) in [6.07, 6.45) is 1.83. The van der Waals surface area contributed by atoms with E-state index in [2.05, 4.69) is 57.2 Å². The average Bonchev–Trinajstić information content (AvgIpc) is 2.88. The van der Waals surface area contributed by atoms with Crippen molar-refractivity contribution in [1.29, 1.82) is 0 Å². The van der Waals surface area contributed by atoms with Crippen molar-refractivity contribution in [2.45, 2.75) is 26.1 Å². The summed E-state index contributed by atoms with van der Waals surface area (Å²) in [4.78, 5) is 0.